The second-order valence-electron chi connectivity index (χ2n) is 11.7. The van der Waals surface area contributed by atoms with Crippen LogP contribution in [0.1, 0.15) is 58.4 Å². The number of fused-ring (bicyclic) bond motifs is 1. The van der Waals surface area contributed by atoms with Gasteiger partial charge in [0.15, 0.2) is 0 Å². The van der Waals surface area contributed by atoms with Crippen LogP contribution in [0.4, 0.5) is 5.69 Å². The van der Waals surface area contributed by atoms with Gasteiger partial charge in [0, 0.05) is 18.8 Å². The molecule has 0 bridgehead atoms. The Balaban J connectivity index is 1.25. The van der Waals surface area contributed by atoms with Crippen LogP contribution in [-0.2, 0) is 20.4 Å². The van der Waals surface area contributed by atoms with Crippen LogP contribution >= 0.6 is 0 Å². The van der Waals surface area contributed by atoms with Crippen molar-refractivity contribution >= 4 is 30.3 Å². The molecule has 38 heavy (non-hydrogen) atoms. The summed E-state index contributed by atoms with van der Waals surface area (Å²) in [7, 11) is -2.54. The fourth-order valence-electron chi connectivity index (χ4n) is 6.35. The van der Waals surface area contributed by atoms with E-state index in [0.717, 1.165) is 44.3 Å². The highest BCUT2D eigenvalue weighted by atomic mass is 28.4. The van der Waals surface area contributed by atoms with Gasteiger partial charge in [0.2, 0.25) is 5.91 Å². The summed E-state index contributed by atoms with van der Waals surface area (Å²) < 4.78 is 13.6. The average molecular weight is 528 g/mol. The molecule has 2 heterocycles. The van der Waals surface area contributed by atoms with E-state index in [4.69, 9.17) is 9.16 Å². The van der Waals surface area contributed by atoms with E-state index in [2.05, 4.69) is 99.6 Å². The Morgan fingerprint density at radius 1 is 0.895 bits per heavy atom. The number of nitrogens with zero attached hydrogens (tertiary/aromatic N) is 1. The third-order valence-electron chi connectivity index (χ3n) is 8.20. The van der Waals surface area contributed by atoms with Gasteiger partial charge in [0.1, 0.15) is 0 Å². The van der Waals surface area contributed by atoms with Crippen molar-refractivity contribution in [1.82, 2.24) is 0 Å². The number of rotatable bonds is 8. The fourth-order valence-corrected chi connectivity index (χ4v) is 10.9. The first-order chi connectivity index (χ1) is 18.4. The molecule has 5 rings (SSSR count). The van der Waals surface area contributed by atoms with Crippen molar-refractivity contribution in [2.45, 2.75) is 76.5 Å². The molecule has 1 saturated heterocycles. The Bertz CT molecular complexity index is 1170. The van der Waals surface area contributed by atoms with E-state index < -0.39 is 8.32 Å². The molecular formula is C33H41NO3Si. The summed E-state index contributed by atoms with van der Waals surface area (Å²) >= 11 is 0. The smallest absolute Gasteiger partial charge is 0.261 e. The molecule has 0 radical (unpaired) electrons. The molecule has 200 valence electrons. The maximum absolute atomic E-state index is 13.2. The van der Waals surface area contributed by atoms with Crippen LogP contribution in [0.15, 0.2) is 84.9 Å². The lowest BCUT2D eigenvalue weighted by molar-refractivity contribution is -0.125. The van der Waals surface area contributed by atoms with E-state index in [9.17, 15) is 4.79 Å². The molecule has 0 aromatic heterocycles. The number of carbonyl (C=O) groups is 1. The molecule has 0 saturated carbocycles. The molecule has 2 aliphatic heterocycles. The number of anilines is 1. The number of hydrogen-bond donors (Lipinski definition) is 0. The van der Waals surface area contributed by atoms with Crippen LogP contribution in [-0.4, -0.2) is 39.6 Å². The van der Waals surface area contributed by atoms with Crippen LogP contribution in [0.25, 0.3) is 0 Å². The molecule has 3 aromatic carbocycles. The fraction of sp³-hybridized carbons (Fsp3) is 0.424. The highest BCUT2D eigenvalue weighted by Crippen LogP contribution is 2.37. The Labute approximate surface area is 229 Å². The quantitative estimate of drug-likeness (QED) is 0.344. The Morgan fingerprint density at radius 3 is 2.16 bits per heavy atom. The monoisotopic (exact) mass is 527 g/mol. The standard InChI is InChI=1S/C33H41NO3Si/c1-33(2,3)38(29-16-6-4-7-17-29,30-18-8-5-9-19-30)36-24-22-27-14-12-15-28(37-27)25-32(35)34-23-21-26-13-10-11-20-31(26)34/h4-11,13,16-20,27-28H,12,14-15,21-25H2,1-3H3/t27-,28+/m0/s1. The molecule has 2 atom stereocenters. The van der Waals surface area contributed by atoms with E-state index in [1.165, 1.54) is 15.9 Å². The number of hydrogen-bond acceptors (Lipinski definition) is 3. The highest BCUT2D eigenvalue weighted by Gasteiger charge is 2.50. The molecule has 4 nitrogen and oxygen atoms in total. The first kappa shape index (κ1) is 26.9. The van der Waals surface area contributed by atoms with Gasteiger partial charge in [-0.05, 0) is 59.1 Å². The minimum Gasteiger partial charge on any atom is -0.407 e. The van der Waals surface area contributed by atoms with Crippen molar-refractivity contribution in [2.24, 2.45) is 0 Å². The van der Waals surface area contributed by atoms with E-state index in [1.807, 2.05) is 11.0 Å². The number of amides is 1. The maximum atomic E-state index is 13.2. The van der Waals surface area contributed by atoms with Crippen molar-refractivity contribution in [3.8, 4) is 0 Å². The Hall–Kier alpha value is -2.73. The minimum atomic E-state index is -2.54. The summed E-state index contributed by atoms with van der Waals surface area (Å²) in [6.07, 6.45) is 5.44. The van der Waals surface area contributed by atoms with E-state index in [-0.39, 0.29) is 23.2 Å². The van der Waals surface area contributed by atoms with Crippen molar-refractivity contribution in [2.75, 3.05) is 18.1 Å². The van der Waals surface area contributed by atoms with Gasteiger partial charge in [-0.2, -0.15) is 0 Å². The van der Waals surface area contributed by atoms with E-state index in [0.29, 0.717) is 13.0 Å². The van der Waals surface area contributed by atoms with Gasteiger partial charge in [0.25, 0.3) is 8.32 Å². The second kappa shape index (κ2) is 11.6. The minimum absolute atomic E-state index is 0.0122. The van der Waals surface area contributed by atoms with Gasteiger partial charge in [-0.15, -0.1) is 0 Å². The SMILES string of the molecule is CC(C)(C)[Si](OCC[C@@H]1CCC[C@H](CC(=O)N2CCc3ccccc32)O1)(c1ccccc1)c1ccccc1. The lowest BCUT2D eigenvalue weighted by Gasteiger charge is -2.43. The lowest BCUT2D eigenvalue weighted by Crippen LogP contribution is -2.66. The van der Waals surface area contributed by atoms with Crippen LogP contribution in [0.5, 0.6) is 0 Å². The van der Waals surface area contributed by atoms with E-state index >= 15 is 0 Å². The van der Waals surface area contributed by atoms with Gasteiger partial charge in [-0.3, -0.25) is 4.79 Å². The molecular weight excluding hydrogens is 486 g/mol. The molecule has 0 unspecified atom stereocenters. The Kier molecular flexibility index (Phi) is 8.17. The molecule has 0 aliphatic carbocycles. The largest absolute Gasteiger partial charge is 0.407 e. The molecule has 3 aromatic rings. The predicted molar refractivity (Wildman–Crippen MR) is 158 cm³/mol. The van der Waals surface area contributed by atoms with Crippen molar-refractivity contribution < 1.29 is 14.0 Å². The van der Waals surface area contributed by atoms with Crippen LogP contribution in [0, 0.1) is 0 Å². The molecule has 1 amide bonds. The second-order valence-corrected chi connectivity index (χ2v) is 16.0. The molecule has 2 aliphatic rings. The van der Waals surface area contributed by atoms with Crippen molar-refractivity contribution in [3.63, 3.8) is 0 Å². The van der Waals surface area contributed by atoms with Crippen LogP contribution in [0.3, 0.4) is 0 Å². The molecule has 5 heteroatoms. The van der Waals surface area contributed by atoms with Crippen molar-refractivity contribution in [3.05, 3.63) is 90.5 Å². The highest BCUT2D eigenvalue weighted by molar-refractivity contribution is 6.99. The average Bonchev–Trinajstić information content (AvgIpc) is 3.36. The molecule has 0 N–H and O–H groups in total. The molecule has 1 fully saturated rings. The number of carbonyl (C=O) groups excluding carboxylic acids is 1. The van der Waals surface area contributed by atoms with Gasteiger partial charge in [-0.25, -0.2) is 0 Å². The zero-order chi connectivity index (χ0) is 26.6. The van der Waals surface area contributed by atoms with Crippen LogP contribution < -0.4 is 15.3 Å². The summed E-state index contributed by atoms with van der Waals surface area (Å²) in [5, 5.41) is 2.57. The lowest BCUT2D eigenvalue weighted by atomic mass is 10.00. The van der Waals surface area contributed by atoms with Crippen molar-refractivity contribution in [1.29, 1.82) is 0 Å². The normalized spacial score (nSPS) is 19.8. The van der Waals surface area contributed by atoms with Gasteiger partial charge < -0.3 is 14.1 Å². The predicted octanol–water partition coefficient (Wildman–Crippen LogP) is 5.87. The zero-order valence-corrected chi connectivity index (χ0v) is 24.1. The Morgan fingerprint density at radius 2 is 1.50 bits per heavy atom. The number of para-hydroxylation sites is 1. The van der Waals surface area contributed by atoms with Gasteiger partial charge in [0.05, 0.1) is 18.6 Å². The summed E-state index contributed by atoms with van der Waals surface area (Å²) in [6, 6.07) is 29.9. The third-order valence-corrected chi connectivity index (χ3v) is 13.2. The maximum Gasteiger partial charge on any atom is 0.261 e. The zero-order valence-electron chi connectivity index (χ0n) is 23.1. The van der Waals surface area contributed by atoms with Crippen LogP contribution in [0.2, 0.25) is 5.04 Å². The number of benzene rings is 3. The van der Waals surface area contributed by atoms with Gasteiger partial charge in [-0.1, -0.05) is 99.6 Å². The number of ether oxygens (including phenoxy) is 1. The first-order valence-electron chi connectivity index (χ1n) is 14.2. The topological polar surface area (TPSA) is 38.8 Å². The summed E-state index contributed by atoms with van der Waals surface area (Å²) in [5.41, 5.74) is 2.34. The van der Waals surface area contributed by atoms with E-state index in [1.54, 1.807) is 0 Å². The summed E-state index contributed by atoms with van der Waals surface area (Å²) in [6.45, 7) is 8.37. The summed E-state index contributed by atoms with van der Waals surface area (Å²) in [4.78, 5) is 15.1. The summed E-state index contributed by atoms with van der Waals surface area (Å²) in [5.74, 6) is 0.184. The third kappa shape index (κ3) is 5.51. The molecule has 0 spiro atoms. The first-order valence-corrected chi connectivity index (χ1v) is 16.1. The van der Waals surface area contributed by atoms with Gasteiger partial charge >= 0.3 is 0 Å².